The van der Waals surface area contributed by atoms with Crippen LogP contribution >= 0.6 is 11.3 Å². The van der Waals surface area contributed by atoms with Crippen molar-refractivity contribution >= 4 is 17.1 Å². The Morgan fingerprint density at radius 1 is 1.47 bits per heavy atom. The van der Waals surface area contributed by atoms with Crippen molar-refractivity contribution < 1.29 is 4.79 Å². The molecular formula is C10H8N2O2S. The number of aryl methyl sites for hydroxylation is 1. The Labute approximate surface area is 89.6 Å². The molecule has 5 heteroatoms. The molecule has 0 unspecified atom stereocenters. The van der Waals surface area contributed by atoms with Crippen LogP contribution in [0.4, 0.5) is 0 Å². The minimum absolute atomic E-state index is 0.208. The summed E-state index contributed by atoms with van der Waals surface area (Å²) in [7, 11) is 0. The first kappa shape index (κ1) is 9.79. The Hall–Kier alpha value is -1.75. The third kappa shape index (κ3) is 2.02. The van der Waals surface area contributed by atoms with Crippen molar-refractivity contribution in [3.8, 4) is 0 Å². The van der Waals surface area contributed by atoms with E-state index in [4.69, 9.17) is 0 Å². The van der Waals surface area contributed by atoms with Crippen molar-refractivity contribution in [2.45, 2.75) is 6.92 Å². The number of aromatic amines is 1. The van der Waals surface area contributed by atoms with E-state index in [1.54, 1.807) is 12.1 Å². The molecule has 2 heterocycles. The van der Waals surface area contributed by atoms with Crippen molar-refractivity contribution in [2.75, 3.05) is 0 Å². The van der Waals surface area contributed by atoms with E-state index < -0.39 is 0 Å². The number of hydrogen-bond acceptors (Lipinski definition) is 4. The molecule has 0 aliphatic heterocycles. The van der Waals surface area contributed by atoms with Crippen LogP contribution in [0.5, 0.6) is 0 Å². The number of carbonyl (C=O) groups excluding carboxylic acids is 1. The topological polar surface area (TPSA) is 62.8 Å². The van der Waals surface area contributed by atoms with Crippen LogP contribution in [-0.2, 0) is 0 Å². The van der Waals surface area contributed by atoms with Gasteiger partial charge in [0.2, 0.25) is 5.78 Å². The fourth-order valence-electron chi connectivity index (χ4n) is 1.15. The van der Waals surface area contributed by atoms with E-state index >= 15 is 0 Å². The molecular weight excluding hydrogens is 212 g/mol. The van der Waals surface area contributed by atoms with Crippen molar-refractivity contribution in [1.82, 2.24) is 9.97 Å². The Kier molecular flexibility index (Phi) is 2.47. The molecule has 0 aliphatic rings. The second-order valence-electron chi connectivity index (χ2n) is 3.08. The second-order valence-corrected chi connectivity index (χ2v) is 3.92. The standard InChI is InChI=1S/C10H8N2O2S/c1-6-2-3-7(4-11-6)9(13)8-5-15-10(14)12-8/h2-5H,1H3,(H,12,14). The number of carbonyl (C=O) groups is 1. The summed E-state index contributed by atoms with van der Waals surface area (Å²) in [4.78, 5) is 28.9. The van der Waals surface area contributed by atoms with Gasteiger partial charge in [0.1, 0.15) is 5.69 Å². The van der Waals surface area contributed by atoms with Crippen LogP contribution in [0, 0.1) is 6.92 Å². The summed E-state index contributed by atoms with van der Waals surface area (Å²) in [5.74, 6) is -0.208. The molecule has 0 saturated heterocycles. The highest BCUT2D eigenvalue weighted by molar-refractivity contribution is 7.07. The summed E-state index contributed by atoms with van der Waals surface area (Å²) in [5.41, 5.74) is 1.65. The fraction of sp³-hybridized carbons (Fsp3) is 0.100. The molecule has 1 N–H and O–H groups in total. The van der Waals surface area contributed by atoms with Crippen LogP contribution in [0.3, 0.4) is 0 Å². The van der Waals surface area contributed by atoms with E-state index in [-0.39, 0.29) is 10.7 Å². The third-order valence-electron chi connectivity index (χ3n) is 1.94. The van der Waals surface area contributed by atoms with Gasteiger partial charge in [-0.25, -0.2) is 0 Å². The van der Waals surface area contributed by atoms with Crippen LogP contribution in [-0.4, -0.2) is 15.8 Å². The van der Waals surface area contributed by atoms with Gasteiger partial charge in [-0.2, -0.15) is 0 Å². The van der Waals surface area contributed by atoms with Gasteiger partial charge >= 0.3 is 4.87 Å². The lowest BCUT2D eigenvalue weighted by Gasteiger charge is -1.97. The van der Waals surface area contributed by atoms with Gasteiger partial charge in [-0.05, 0) is 19.1 Å². The smallest absolute Gasteiger partial charge is 0.305 e. The number of hydrogen-bond donors (Lipinski definition) is 1. The van der Waals surface area contributed by atoms with Crippen LogP contribution in [0.1, 0.15) is 21.7 Å². The number of rotatable bonds is 2. The zero-order valence-corrected chi connectivity index (χ0v) is 8.80. The summed E-state index contributed by atoms with van der Waals surface area (Å²) in [6.07, 6.45) is 1.51. The molecule has 2 aromatic rings. The van der Waals surface area contributed by atoms with Crippen molar-refractivity contribution in [3.63, 3.8) is 0 Å². The lowest BCUT2D eigenvalue weighted by Crippen LogP contribution is -2.05. The molecule has 4 nitrogen and oxygen atoms in total. The lowest BCUT2D eigenvalue weighted by atomic mass is 10.1. The van der Waals surface area contributed by atoms with E-state index in [1.807, 2.05) is 6.92 Å². The molecule has 0 fully saturated rings. The molecule has 2 aromatic heterocycles. The monoisotopic (exact) mass is 220 g/mol. The zero-order chi connectivity index (χ0) is 10.8. The first-order chi connectivity index (χ1) is 7.16. The molecule has 0 spiro atoms. The predicted molar refractivity (Wildman–Crippen MR) is 57.3 cm³/mol. The predicted octanol–water partition coefficient (Wildman–Crippen LogP) is 1.37. The van der Waals surface area contributed by atoms with Crippen LogP contribution in [0.25, 0.3) is 0 Å². The number of thiazole rings is 1. The summed E-state index contributed by atoms with van der Waals surface area (Å²) < 4.78 is 0. The molecule has 0 atom stereocenters. The first-order valence-electron chi connectivity index (χ1n) is 4.32. The molecule has 0 saturated carbocycles. The van der Waals surface area contributed by atoms with Crippen LogP contribution in [0.15, 0.2) is 28.5 Å². The van der Waals surface area contributed by atoms with E-state index in [1.165, 1.54) is 11.6 Å². The number of pyridine rings is 1. The van der Waals surface area contributed by atoms with Crippen molar-refractivity contribution in [1.29, 1.82) is 0 Å². The first-order valence-corrected chi connectivity index (χ1v) is 5.20. The van der Waals surface area contributed by atoms with Gasteiger partial charge in [0.05, 0.1) is 0 Å². The molecule has 76 valence electrons. The van der Waals surface area contributed by atoms with Gasteiger partial charge in [-0.15, -0.1) is 0 Å². The molecule has 2 rings (SSSR count). The Balaban J connectivity index is 2.36. The van der Waals surface area contributed by atoms with Gasteiger partial charge in [0.15, 0.2) is 0 Å². The number of nitrogens with one attached hydrogen (secondary N) is 1. The SMILES string of the molecule is Cc1ccc(C(=O)c2csc(=O)[nH]2)cn1. The highest BCUT2D eigenvalue weighted by Crippen LogP contribution is 2.07. The largest absolute Gasteiger partial charge is 0.310 e. The minimum atomic E-state index is -0.224. The summed E-state index contributed by atoms with van der Waals surface area (Å²) in [6, 6.07) is 3.46. The molecule has 0 aliphatic carbocycles. The molecule has 15 heavy (non-hydrogen) atoms. The summed E-state index contributed by atoms with van der Waals surface area (Å²) in [5, 5.41) is 1.52. The minimum Gasteiger partial charge on any atom is -0.310 e. The maximum atomic E-state index is 11.8. The van der Waals surface area contributed by atoms with Gasteiger partial charge < -0.3 is 4.98 Å². The number of nitrogens with zero attached hydrogens (tertiary/aromatic N) is 1. The van der Waals surface area contributed by atoms with Gasteiger partial charge in [0, 0.05) is 22.8 Å². The van der Waals surface area contributed by atoms with E-state index in [2.05, 4.69) is 9.97 Å². The van der Waals surface area contributed by atoms with Crippen molar-refractivity contribution in [3.05, 3.63) is 50.3 Å². The van der Waals surface area contributed by atoms with Crippen molar-refractivity contribution in [2.24, 2.45) is 0 Å². The molecule has 0 amide bonds. The zero-order valence-electron chi connectivity index (χ0n) is 7.98. The van der Waals surface area contributed by atoms with Crippen LogP contribution in [0.2, 0.25) is 0 Å². The molecule has 0 radical (unpaired) electrons. The maximum Gasteiger partial charge on any atom is 0.305 e. The normalized spacial score (nSPS) is 10.2. The molecule has 0 aromatic carbocycles. The Bertz CT molecular complexity index is 539. The lowest BCUT2D eigenvalue weighted by molar-refractivity contribution is 0.103. The Morgan fingerprint density at radius 3 is 2.80 bits per heavy atom. The van der Waals surface area contributed by atoms with E-state index in [0.717, 1.165) is 17.0 Å². The number of ketones is 1. The quantitative estimate of drug-likeness (QED) is 0.777. The third-order valence-corrected chi connectivity index (χ3v) is 2.61. The second kappa shape index (κ2) is 3.78. The summed E-state index contributed by atoms with van der Waals surface area (Å²) >= 11 is 0.978. The fourth-order valence-corrected chi connectivity index (χ4v) is 1.71. The maximum absolute atomic E-state index is 11.8. The number of aromatic nitrogens is 2. The molecule has 0 bridgehead atoms. The van der Waals surface area contributed by atoms with E-state index in [0.29, 0.717) is 11.3 Å². The summed E-state index contributed by atoms with van der Waals surface area (Å²) in [6.45, 7) is 1.85. The van der Waals surface area contributed by atoms with Gasteiger partial charge in [-0.1, -0.05) is 11.3 Å². The van der Waals surface area contributed by atoms with Gasteiger partial charge in [0.25, 0.3) is 0 Å². The average Bonchev–Trinajstić information content (AvgIpc) is 2.65. The highest BCUT2D eigenvalue weighted by Gasteiger charge is 2.10. The number of H-pyrrole nitrogens is 1. The average molecular weight is 220 g/mol. The highest BCUT2D eigenvalue weighted by atomic mass is 32.1. The Morgan fingerprint density at radius 2 is 2.27 bits per heavy atom. The van der Waals surface area contributed by atoms with E-state index in [9.17, 15) is 9.59 Å². The van der Waals surface area contributed by atoms with Crippen LogP contribution < -0.4 is 4.87 Å². The van der Waals surface area contributed by atoms with Gasteiger partial charge in [-0.3, -0.25) is 14.6 Å².